The van der Waals surface area contributed by atoms with Gasteiger partial charge in [-0.1, -0.05) is 10.9 Å². The van der Waals surface area contributed by atoms with Gasteiger partial charge in [0.25, 0.3) is 0 Å². The lowest BCUT2D eigenvalue weighted by Crippen LogP contribution is -2.41. The van der Waals surface area contributed by atoms with Gasteiger partial charge in [-0.15, -0.1) is 5.92 Å². The van der Waals surface area contributed by atoms with Crippen LogP contribution in [0.1, 0.15) is 39.9 Å². The molecule has 13 heteroatoms. The molecule has 2 aromatic heterocycles. The zero-order chi connectivity index (χ0) is 31.6. The van der Waals surface area contributed by atoms with Gasteiger partial charge in [-0.25, -0.2) is 9.25 Å². The number of ketones is 1. The predicted octanol–water partition coefficient (Wildman–Crippen LogP) is 3.86. The number of fused-ring (bicyclic) bond motifs is 1. The molecule has 0 atom stereocenters. The molecule has 13 nitrogen and oxygen atoms in total. The van der Waals surface area contributed by atoms with Gasteiger partial charge in [0, 0.05) is 10.9 Å². The van der Waals surface area contributed by atoms with Gasteiger partial charge in [0.2, 0.25) is 17.2 Å². The highest BCUT2D eigenvalue weighted by atomic mass is 16.6. The van der Waals surface area contributed by atoms with E-state index >= 15 is 0 Å². The molecule has 0 aliphatic rings. The van der Waals surface area contributed by atoms with Crippen molar-refractivity contribution in [3.05, 3.63) is 62.6 Å². The highest BCUT2D eigenvalue weighted by Crippen LogP contribution is 2.39. The fraction of sp³-hybridized carbons (Fsp3) is 0.367. The molecule has 0 saturated carbocycles. The molecule has 0 N–H and O–H groups in total. The molecule has 0 fully saturated rings. The molecule has 0 aliphatic heterocycles. The Bertz CT molecular complexity index is 1770. The molecular weight excluding hydrogens is 556 g/mol. The largest absolute Gasteiger partial charge is 0.495 e. The first-order chi connectivity index (χ1) is 20.4. The first kappa shape index (κ1) is 30.9. The van der Waals surface area contributed by atoms with Crippen LogP contribution in [-0.2, 0) is 20.3 Å². The van der Waals surface area contributed by atoms with Crippen LogP contribution in [0.2, 0.25) is 0 Å². The summed E-state index contributed by atoms with van der Waals surface area (Å²) in [5.41, 5.74) is 3.00. The lowest BCUT2D eigenvalue weighted by Gasteiger charge is -2.28. The number of hydrogen-bond donors (Lipinski definition) is 0. The minimum absolute atomic E-state index is 0.204. The number of quaternary nitrogens is 1. The lowest BCUT2D eigenvalue weighted by molar-refractivity contribution is -0.926. The van der Waals surface area contributed by atoms with E-state index in [9.17, 15) is 14.9 Å². The number of hydrogen-bond acceptors (Lipinski definition) is 9. The lowest BCUT2D eigenvalue weighted by atomic mass is 10.0. The second-order valence-electron chi connectivity index (χ2n) is 10.5. The summed E-state index contributed by atoms with van der Waals surface area (Å²) in [7, 11) is 11.5. The van der Waals surface area contributed by atoms with Gasteiger partial charge in [0.05, 0.1) is 60.7 Å². The van der Waals surface area contributed by atoms with Crippen LogP contribution in [0.4, 0.5) is 5.95 Å². The van der Waals surface area contributed by atoms with E-state index in [1.807, 2.05) is 14.1 Å². The van der Waals surface area contributed by atoms with Crippen LogP contribution in [-0.4, -0.2) is 77.1 Å². The van der Waals surface area contributed by atoms with E-state index in [2.05, 4.69) is 16.8 Å². The normalized spacial score (nSPS) is 11.2. The Morgan fingerprint density at radius 3 is 2.19 bits per heavy atom. The maximum absolute atomic E-state index is 14.1. The van der Waals surface area contributed by atoms with Crippen molar-refractivity contribution in [2.24, 2.45) is 7.05 Å². The van der Waals surface area contributed by atoms with Crippen molar-refractivity contribution >= 4 is 22.6 Å². The quantitative estimate of drug-likeness (QED) is 0.0838. The molecule has 2 aromatic carbocycles. The zero-order valence-electron chi connectivity index (χ0n) is 25.8. The van der Waals surface area contributed by atoms with Gasteiger partial charge in [0.15, 0.2) is 18.2 Å². The first-order valence-electron chi connectivity index (χ1n) is 13.2. The topological polar surface area (TPSA) is 133 Å². The summed E-state index contributed by atoms with van der Waals surface area (Å²) in [6, 6.07) is 6.72. The van der Waals surface area contributed by atoms with Gasteiger partial charge in [-0.2, -0.15) is 5.10 Å². The predicted molar refractivity (Wildman–Crippen MR) is 159 cm³/mol. The number of carbonyl (C=O) groups is 1. The maximum Gasteiger partial charge on any atom is 0.435 e. The summed E-state index contributed by atoms with van der Waals surface area (Å²) < 4.78 is 25.5. The van der Waals surface area contributed by atoms with E-state index in [1.54, 1.807) is 57.0 Å². The Hall–Kier alpha value is -5.09. The molecule has 0 aliphatic carbocycles. The van der Waals surface area contributed by atoms with Crippen LogP contribution in [0.15, 0.2) is 24.3 Å². The highest BCUT2D eigenvalue weighted by Gasteiger charge is 2.31. The van der Waals surface area contributed by atoms with Crippen molar-refractivity contribution in [3.63, 3.8) is 0 Å². The monoisotopic (exact) mass is 591 g/mol. The fourth-order valence-corrected chi connectivity index (χ4v) is 5.04. The first-order valence-corrected chi connectivity index (χ1v) is 13.2. The number of aromatic nitrogens is 4. The third kappa shape index (κ3) is 5.69. The summed E-state index contributed by atoms with van der Waals surface area (Å²) in [5.74, 6) is 7.06. The van der Waals surface area contributed by atoms with E-state index in [4.69, 9.17) is 24.0 Å². The van der Waals surface area contributed by atoms with E-state index in [0.29, 0.717) is 67.4 Å². The Balaban J connectivity index is 1.88. The highest BCUT2D eigenvalue weighted by molar-refractivity contribution is 6.16. The van der Waals surface area contributed by atoms with Gasteiger partial charge >= 0.3 is 5.95 Å². The van der Waals surface area contributed by atoms with Crippen LogP contribution < -0.4 is 18.9 Å². The standard InChI is InChI=1S/C30H35N6O7/c1-10-11-20-23(40-6)13-12-21-26(28(37)19-14-24(41-7)29(43-9)25(15-19)42-8)32-34(27(20)21)17-36(4,5)16-22-18(2)33(3)30(31-22)35(38)39/h12-15H,16-17H2,1-9H3/q+1. The van der Waals surface area contributed by atoms with Gasteiger partial charge in [0.1, 0.15) is 23.7 Å². The van der Waals surface area contributed by atoms with Crippen LogP contribution in [0, 0.1) is 28.9 Å². The van der Waals surface area contributed by atoms with Crippen LogP contribution in [0.25, 0.3) is 10.9 Å². The Kier molecular flexibility index (Phi) is 8.63. The van der Waals surface area contributed by atoms with Crippen molar-refractivity contribution in [1.29, 1.82) is 0 Å². The minimum Gasteiger partial charge on any atom is -0.495 e. The number of nitrogens with zero attached hydrogens (tertiary/aromatic N) is 6. The van der Waals surface area contributed by atoms with E-state index in [-0.39, 0.29) is 24.1 Å². The molecule has 0 saturated heterocycles. The Morgan fingerprint density at radius 2 is 1.67 bits per heavy atom. The SMILES string of the molecule is CC#Cc1c(OC)ccc2c(C(=O)c3cc(OC)c(OC)c(OC)c3)nn(C[N+](C)(C)Cc3nc([N+](=O)[O-])n(C)c3C)c12. The Morgan fingerprint density at radius 1 is 1.05 bits per heavy atom. The van der Waals surface area contributed by atoms with Crippen molar-refractivity contribution in [2.75, 3.05) is 42.5 Å². The fourth-order valence-electron chi connectivity index (χ4n) is 5.04. The van der Waals surface area contributed by atoms with E-state index in [1.165, 1.54) is 25.9 Å². The third-order valence-electron chi connectivity index (χ3n) is 7.20. The zero-order valence-corrected chi connectivity index (χ0v) is 25.8. The summed E-state index contributed by atoms with van der Waals surface area (Å²) >= 11 is 0. The van der Waals surface area contributed by atoms with Gasteiger partial charge in [-0.3, -0.25) is 4.79 Å². The smallest absolute Gasteiger partial charge is 0.435 e. The van der Waals surface area contributed by atoms with Crippen LogP contribution in [0.3, 0.4) is 0 Å². The number of carbonyl (C=O) groups excluding carboxylic acids is 1. The number of benzene rings is 2. The molecule has 4 rings (SSSR count). The molecule has 0 amide bonds. The van der Waals surface area contributed by atoms with E-state index < -0.39 is 4.92 Å². The maximum atomic E-state index is 14.1. The minimum atomic E-state index is -0.499. The van der Waals surface area contributed by atoms with Crippen LogP contribution >= 0.6 is 0 Å². The van der Waals surface area contributed by atoms with Crippen molar-refractivity contribution in [3.8, 4) is 34.8 Å². The average molecular weight is 592 g/mol. The molecule has 0 spiro atoms. The molecule has 0 unspecified atom stereocenters. The third-order valence-corrected chi connectivity index (χ3v) is 7.20. The molecule has 0 radical (unpaired) electrons. The number of ether oxygens (including phenoxy) is 4. The van der Waals surface area contributed by atoms with Crippen molar-refractivity contribution in [1.82, 2.24) is 19.3 Å². The van der Waals surface area contributed by atoms with Crippen LogP contribution in [0.5, 0.6) is 23.0 Å². The second kappa shape index (κ2) is 12.0. The molecule has 43 heavy (non-hydrogen) atoms. The number of nitro groups is 1. The molecule has 226 valence electrons. The van der Waals surface area contributed by atoms with E-state index in [0.717, 1.165) is 0 Å². The number of imidazole rings is 1. The van der Waals surface area contributed by atoms with Gasteiger partial charge < -0.3 is 33.5 Å². The average Bonchev–Trinajstić information content (AvgIpc) is 3.48. The van der Waals surface area contributed by atoms with Crippen molar-refractivity contribution in [2.45, 2.75) is 27.1 Å². The molecule has 2 heterocycles. The molecule has 0 bridgehead atoms. The molecular formula is C30H35N6O7+. The molecule has 4 aromatic rings. The summed E-state index contributed by atoms with van der Waals surface area (Å²) in [4.78, 5) is 29.3. The number of methoxy groups -OCH3 is 4. The summed E-state index contributed by atoms with van der Waals surface area (Å²) in [5, 5.41) is 16.9. The summed E-state index contributed by atoms with van der Waals surface area (Å²) in [6.07, 6.45) is 0. The number of rotatable bonds is 11. The second-order valence-corrected chi connectivity index (χ2v) is 10.5. The van der Waals surface area contributed by atoms with Gasteiger partial charge in [-0.05, 0) is 43.0 Å². The van der Waals surface area contributed by atoms with Crippen molar-refractivity contribution < 1.29 is 33.1 Å². The Labute approximate surface area is 249 Å². The summed E-state index contributed by atoms with van der Waals surface area (Å²) in [6.45, 7) is 4.17.